The molecular formula is C16H14BrF2NO2. The molecule has 1 N–H and O–H groups in total. The molecule has 2 aromatic rings. The van der Waals surface area contributed by atoms with Gasteiger partial charge in [0.1, 0.15) is 23.1 Å². The lowest BCUT2D eigenvalue weighted by atomic mass is 10.1. The van der Waals surface area contributed by atoms with Crippen molar-refractivity contribution in [3.05, 3.63) is 58.1 Å². The number of nitrogens with one attached hydrogen (secondary N) is 1. The van der Waals surface area contributed by atoms with Crippen molar-refractivity contribution in [2.75, 3.05) is 12.4 Å². The van der Waals surface area contributed by atoms with E-state index in [0.29, 0.717) is 12.2 Å². The predicted molar refractivity (Wildman–Crippen MR) is 84.0 cm³/mol. The third-order valence-corrected chi connectivity index (χ3v) is 3.70. The number of carbonyl (C=O) groups excluding carboxylic acids is 1. The van der Waals surface area contributed by atoms with E-state index < -0.39 is 23.2 Å². The van der Waals surface area contributed by atoms with E-state index in [1.54, 1.807) is 13.2 Å². The Kier molecular flexibility index (Phi) is 5.49. The van der Waals surface area contributed by atoms with Crippen LogP contribution in [0.5, 0.6) is 5.75 Å². The molecule has 2 aromatic carbocycles. The van der Waals surface area contributed by atoms with E-state index in [4.69, 9.17) is 4.74 Å². The Bertz CT molecular complexity index is 672. The highest BCUT2D eigenvalue weighted by Gasteiger charge is 2.12. The van der Waals surface area contributed by atoms with E-state index in [1.807, 2.05) is 12.1 Å². The third-order valence-electron chi connectivity index (χ3n) is 3.08. The molecule has 0 bridgehead atoms. The first-order valence-electron chi connectivity index (χ1n) is 6.57. The first kappa shape index (κ1) is 16.4. The zero-order valence-corrected chi connectivity index (χ0v) is 13.4. The van der Waals surface area contributed by atoms with Crippen molar-refractivity contribution in [1.29, 1.82) is 0 Å². The number of amides is 1. The van der Waals surface area contributed by atoms with Gasteiger partial charge in [-0.1, -0.05) is 12.1 Å². The topological polar surface area (TPSA) is 38.3 Å². The maximum absolute atomic E-state index is 13.4. The lowest BCUT2D eigenvalue weighted by Crippen LogP contribution is -2.14. The van der Waals surface area contributed by atoms with E-state index in [9.17, 15) is 13.6 Å². The highest BCUT2D eigenvalue weighted by Crippen LogP contribution is 2.26. The number of halogens is 3. The molecule has 0 aliphatic rings. The van der Waals surface area contributed by atoms with E-state index in [2.05, 4.69) is 21.2 Å². The number of para-hydroxylation sites is 1. The number of anilines is 1. The largest absolute Gasteiger partial charge is 0.496 e. The molecule has 3 nitrogen and oxygen atoms in total. The van der Waals surface area contributed by atoms with Crippen molar-refractivity contribution in [3.63, 3.8) is 0 Å². The van der Waals surface area contributed by atoms with Gasteiger partial charge in [0.2, 0.25) is 5.91 Å². The maximum atomic E-state index is 13.4. The summed E-state index contributed by atoms with van der Waals surface area (Å²) in [5.41, 5.74) is 0.500. The monoisotopic (exact) mass is 369 g/mol. The summed E-state index contributed by atoms with van der Waals surface area (Å²) in [4.78, 5) is 11.8. The number of aryl methyl sites for hydroxylation is 1. The van der Waals surface area contributed by atoms with Crippen LogP contribution < -0.4 is 10.1 Å². The van der Waals surface area contributed by atoms with Crippen molar-refractivity contribution < 1.29 is 18.3 Å². The summed E-state index contributed by atoms with van der Waals surface area (Å²) < 4.78 is 32.8. The quantitative estimate of drug-likeness (QED) is 0.852. The second kappa shape index (κ2) is 7.35. The van der Waals surface area contributed by atoms with E-state index in [-0.39, 0.29) is 6.42 Å². The fourth-order valence-corrected chi connectivity index (χ4v) is 2.53. The fraction of sp³-hybridized carbons (Fsp3) is 0.188. The van der Waals surface area contributed by atoms with Gasteiger partial charge in [-0.05, 0) is 52.2 Å². The molecule has 6 heteroatoms. The van der Waals surface area contributed by atoms with Gasteiger partial charge in [-0.15, -0.1) is 0 Å². The molecular weight excluding hydrogens is 356 g/mol. The summed E-state index contributed by atoms with van der Waals surface area (Å²) in [6.45, 7) is 0. The van der Waals surface area contributed by atoms with Crippen molar-refractivity contribution in [2.24, 2.45) is 0 Å². The van der Waals surface area contributed by atoms with Crippen LogP contribution in [-0.4, -0.2) is 13.0 Å². The summed E-state index contributed by atoms with van der Waals surface area (Å²) in [6, 6.07) is 8.90. The summed E-state index contributed by atoms with van der Waals surface area (Å²) in [5, 5.41) is 2.26. The van der Waals surface area contributed by atoms with E-state index >= 15 is 0 Å². The molecule has 0 saturated carbocycles. The van der Waals surface area contributed by atoms with Gasteiger partial charge in [0.05, 0.1) is 11.6 Å². The molecule has 0 spiro atoms. The molecule has 0 aliphatic carbocycles. The Labute approximate surface area is 135 Å². The lowest BCUT2D eigenvalue weighted by Gasteiger charge is -2.08. The van der Waals surface area contributed by atoms with E-state index in [0.717, 1.165) is 22.2 Å². The molecule has 0 fully saturated rings. The molecule has 22 heavy (non-hydrogen) atoms. The van der Waals surface area contributed by atoms with Crippen LogP contribution in [0, 0.1) is 11.6 Å². The number of methoxy groups -OCH3 is 1. The van der Waals surface area contributed by atoms with Gasteiger partial charge in [-0.2, -0.15) is 0 Å². The molecule has 0 unspecified atom stereocenters. The Balaban J connectivity index is 1.97. The van der Waals surface area contributed by atoms with Gasteiger partial charge >= 0.3 is 0 Å². The van der Waals surface area contributed by atoms with Crippen LogP contribution in [0.1, 0.15) is 12.0 Å². The summed E-state index contributed by atoms with van der Waals surface area (Å²) in [7, 11) is 1.57. The highest BCUT2D eigenvalue weighted by molar-refractivity contribution is 9.10. The number of hydrogen-bond donors (Lipinski definition) is 1. The van der Waals surface area contributed by atoms with Crippen LogP contribution in [-0.2, 0) is 11.2 Å². The average Bonchev–Trinajstić information content (AvgIpc) is 2.49. The Morgan fingerprint density at radius 2 is 1.91 bits per heavy atom. The van der Waals surface area contributed by atoms with Crippen LogP contribution in [0.2, 0.25) is 0 Å². The normalized spacial score (nSPS) is 10.4. The summed E-state index contributed by atoms with van der Waals surface area (Å²) in [6.07, 6.45) is 0.567. The first-order valence-corrected chi connectivity index (χ1v) is 7.37. The van der Waals surface area contributed by atoms with Gasteiger partial charge in [-0.25, -0.2) is 8.78 Å². The number of carbonyl (C=O) groups is 1. The number of hydrogen-bond acceptors (Lipinski definition) is 2. The number of rotatable bonds is 5. The van der Waals surface area contributed by atoms with Crippen LogP contribution in [0.15, 0.2) is 40.9 Å². The number of ether oxygens (including phenoxy) is 1. The zero-order chi connectivity index (χ0) is 16.1. The lowest BCUT2D eigenvalue weighted by molar-refractivity contribution is -0.116. The van der Waals surface area contributed by atoms with Crippen LogP contribution in [0.3, 0.4) is 0 Å². The van der Waals surface area contributed by atoms with Gasteiger partial charge in [0.15, 0.2) is 0 Å². The zero-order valence-electron chi connectivity index (χ0n) is 11.8. The standard InChI is InChI=1S/C16H14BrF2NO2/c1-22-14-7-5-10(9-11(14)17)6-8-15(21)20-16-12(18)3-2-4-13(16)19/h2-5,7,9H,6,8H2,1H3,(H,20,21). The van der Waals surface area contributed by atoms with Crippen LogP contribution in [0.4, 0.5) is 14.5 Å². The minimum absolute atomic E-state index is 0.118. The molecule has 0 radical (unpaired) electrons. The molecule has 0 aliphatic heterocycles. The second-order valence-corrected chi connectivity index (χ2v) is 5.47. The van der Waals surface area contributed by atoms with Crippen molar-refractivity contribution >= 4 is 27.5 Å². The Hall–Kier alpha value is -1.95. The second-order valence-electron chi connectivity index (χ2n) is 4.61. The SMILES string of the molecule is COc1ccc(CCC(=O)Nc2c(F)cccc2F)cc1Br. The molecule has 0 heterocycles. The van der Waals surface area contributed by atoms with Gasteiger partial charge in [0.25, 0.3) is 0 Å². The predicted octanol–water partition coefficient (Wildman–Crippen LogP) is 4.31. The Morgan fingerprint density at radius 3 is 2.50 bits per heavy atom. The maximum Gasteiger partial charge on any atom is 0.224 e. The van der Waals surface area contributed by atoms with Gasteiger partial charge < -0.3 is 10.1 Å². The first-order chi connectivity index (χ1) is 10.5. The van der Waals surface area contributed by atoms with Crippen LogP contribution in [0.25, 0.3) is 0 Å². The molecule has 2 rings (SSSR count). The minimum atomic E-state index is -0.791. The highest BCUT2D eigenvalue weighted by atomic mass is 79.9. The molecule has 0 saturated heterocycles. The molecule has 0 atom stereocenters. The van der Waals surface area contributed by atoms with Gasteiger partial charge in [-0.3, -0.25) is 4.79 Å². The fourth-order valence-electron chi connectivity index (χ4n) is 1.94. The average molecular weight is 370 g/mol. The summed E-state index contributed by atoms with van der Waals surface area (Å²) in [5.74, 6) is -1.33. The third kappa shape index (κ3) is 4.04. The number of benzene rings is 2. The van der Waals surface area contributed by atoms with Crippen molar-refractivity contribution in [1.82, 2.24) is 0 Å². The van der Waals surface area contributed by atoms with Crippen LogP contribution >= 0.6 is 15.9 Å². The Morgan fingerprint density at radius 1 is 1.23 bits per heavy atom. The minimum Gasteiger partial charge on any atom is -0.496 e. The molecule has 0 aromatic heterocycles. The van der Waals surface area contributed by atoms with E-state index in [1.165, 1.54) is 6.07 Å². The summed E-state index contributed by atoms with van der Waals surface area (Å²) >= 11 is 3.36. The molecule has 116 valence electrons. The molecule has 1 amide bonds. The van der Waals surface area contributed by atoms with Crippen molar-refractivity contribution in [3.8, 4) is 5.75 Å². The van der Waals surface area contributed by atoms with Gasteiger partial charge in [0, 0.05) is 6.42 Å². The smallest absolute Gasteiger partial charge is 0.224 e. The van der Waals surface area contributed by atoms with Crippen molar-refractivity contribution in [2.45, 2.75) is 12.8 Å².